The number of carbonyl (C=O) groups is 1. The zero-order chi connectivity index (χ0) is 14.5. The van der Waals surface area contributed by atoms with E-state index in [1.807, 2.05) is 6.92 Å². The summed E-state index contributed by atoms with van der Waals surface area (Å²) in [6, 6.07) is 5.99. The van der Waals surface area contributed by atoms with Gasteiger partial charge in [0.2, 0.25) is 0 Å². The summed E-state index contributed by atoms with van der Waals surface area (Å²) in [5.41, 5.74) is -1.00. The van der Waals surface area contributed by atoms with Crippen LogP contribution in [0.2, 0.25) is 0 Å². The molecule has 0 aliphatic rings. The molecule has 2 atom stereocenters. The van der Waals surface area contributed by atoms with Crippen molar-refractivity contribution in [3.8, 4) is 0 Å². The third-order valence-electron chi connectivity index (χ3n) is 3.40. The minimum atomic E-state index is -1.61. The third kappa shape index (κ3) is 3.32. The molecule has 0 spiro atoms. The average Bonchev–Trinajstić information content (AvgIpc) is 2.39. The van der Waals surface area contributed by atoms with Gasteiger partial charge in [0, 0.05) is 5.92 Å². The fraction of sp³-hybridized carbons (Fsp3) is 0.533. The number of halogens is 1. The van der Waals surface area contributed by atoms with Crippen molar-refractivity contribution in [2.45, 2.75) is 45.1 Å². The SMILES string of the molecule is CCOC(=O)C(O)(CC)C(CC)c1cccc(F)c1. The van der Waals surface area contributed by atoms with Crippen LogP contribution in [0.3, 0.4) is 0 Å². The molecule has 19 heavy (non-hydrogen) atoms. The van der Waals surface area contributed by atoms with Crippen LogP contribution >= 0.6 is 0 Å². The molecule has 2 unspecified atom stereocenters. The fourth-order valence-electron chi connectivity index (χ4n) is 2.36. The molecular weight excluding hydrogens is 247 g/mol. The highest BCUT2D eigenvalue weighted by Crippen LogP contribution is 2.35. The Morgan fingerprint density at radius 1 is 1.42 bits per heavy atom. The number of carbonyl (C=O) groups excluding carboxylic acids is 1. The van der Waals surface area contributed by atoms with Crippen LogP contribution in [-0.4, -0.2) is 23.3 Å². The van der Waals surface area contributed by atoms with Crippen molar-refractivity contribution >= 4 is 5.97 Å². The summed E-state index contributed by atoms with van der Waals surface area (Å²) in [6.45, 7) is 5.48. The molecule has 0 fully saturated rings. The Kier molecular flexibility index (Phi) is 5.48. The van der Waals surface area contributed by atoms with E-state index in [1.54, 1.807) is 26.0 Å². The second kappa shape index (κ2) is 6.66. The Balaban J connectivity index is 3.15. The highest BCUT2D eigenvalue weighted by Gasteiger charge is 2.43. The summed E-state index contributed by atoms with van der Waals surface area (Å²) >= 11 is 0. The van der Waals surface area contributed by atoms with Crippen molar-refractivity contribution in [3.63, 3.8) is 0 Å². The van der Waals surface area contributed by atoms with Crippen molar-refractivity contribution in [2.75, 3.05) is 6.61 Å². The number of rotatable bonds is 6. The van der Waals surface area contributed by atoms with Gasteiger partial charge < -0.3 is 9.84 Å². The minimum Gasteiger partial charge on any atom is -0.464 e. The predicted molar refractivity (Wildman–Crippen MR) is 71.3 cm³/mol. The maximum Gasteiger partial charge on any atom is 0.338 e. The molecule has 0 saturated heterocycles. The summed E-state index contributed by atoms with van der Waals surface area (Å²) in [4.78, 5) is 12.0. The number of hydrogen-bond donors (Lipinski definition) is 1. The van der Waals surface area contributed by atoms with Gasteiger partial charge in [-0.2, -0.15) is 0 Å². The first kappa shape index (κ1) is 15.6. The second-order valence-corrected chi connectivity index (χ2v) is 4.51. The van der Waals surface area contributed by atoms with Gasteiger partial charge >= 0.3 is 5.97 Å². The molecule has 1 aromatic rings. The lowest BCUT2D eigenvalue weighted by molar-refractivity contribution is -0.168. The maximum absolute atomic E-state index is 13.3. The smallest absolute Gasteiger partial charge is 0.338 e. The molecule has 0 saturated carbocycles. The summed E-state index contributed by atoms with van der Waals surface area (Å²) in [7, 11) is 0. The van der Waals surface area contributed by atoms with E-state index >= 15 is 0 Å². The van der Waals surface area contributed by atoms with Gasteiger partial charge in [-0.1, -0.05) is 26.0 Å². The van der Waals surface area contributed by atoms with Crippen LogP contribution in [0.1, 0.15) is 45.1 Å². The van der Waals surface area contributed by atoms with E-state index in [-0.39, 0.29) is 18.8 Å². The first-order valence-electron chi connectivity index (χ1n) is 6.64. The predicted octanol–water partition coefficient (Wildman–Crippen LogP) is 3.02. The molecular formula is C15H21FO3. The number of ether oxygens (including phenoxy) is 1. The van der Waals surface area contributed by atoms with Gasteiger partial charge in [-0.05, 0) is 37.5 Å². The van der Waals surface area contributed by atoms with Gasteiger partial charge in [0.1, 0.15) is 5.82 Å². The molecule has 0 amide bonds. The van der Waals surface area contributed by atoms with Crippen LogP contribution in [-0.2, 0) is 9.53 Å². The van der Waals surface area contributed by atoms with Crippen molar-refractivity contribution in [1.82, 2.24) is 0 Å². The molecule has 0 aliphatic heterocycles. The van der Waals surface area contributed by atoms with E-state index in [0.29, 0.717) is 12.0 Å². The Bertz CT molecular complexity index is 433. The highest BCUT2D eigenvalue weighted by atomic mass is 19.1. The van der Waals surface area contributed by atoms with Crippen LogP contribution in [0.15, 0.2) is 24.3 Å². The molecule has 1 aromatic carbocycles. The van der Waals surface area contributed by atoms with E-state index in [1.165, 1.54) is 12.1 Å². The standard InChI is InChI=1S/C15H21FO3/c1-4-13(11-8-7-9-12(16)10-11)15(18,5-2)14(17)19-6-3/h7-10,13,18H,4-6H2,1-3H3. The summed E-state index contributed by atoms with van der Waals surface area (Å²) in [6.07, 6.45) is 0.744. The van der Waals surface area contributed by atoms with E-state index in [9.17, 15) is 14.3 Å². The van der Waals surface area contributed by atoms with Gasteiger partial charge in [-0.15, -0.1) is 0 Å². The van der Waals surface area contributed by atoms with Crippen LogP contribution < -0.4 is 0 Å². The molecule has 0 aromatic heterocycles. The molecule has 0 radical (unpaired) electrons. The van der Waals surface area contributed by atoms with Crippen LogP contribution in [0.4, 0.5) is 4.39 Å². The van der Waals surface area contributed by atoms with Crippen molar-refractivity contribution in [3.05, 3.63) is 35.6 Å². The third-order valence-corrected chi connectivity index (χ3v) is 3.40. The molecule has 0 aliphatic carbocycles. The average molecular weight is 268 g/mol. The van der Waals surface area contributed by atoms with Gasteiger partial charge in [0.15, 0.2) is 5.60 Å². The molecule has 1 rings (SSSR count). The maximum atomic E-state index is 13.3. The molecule has 106 valence electrons. The lowest BCUT2D eigenvalue weighted by Crippen LogP contribution is -2.45. The Labute approximate surface area is 113 Å². The number of hydrogen-bond acceptors (Lipinski definition) is 3. The van der Waals surface area contributed by atoms with Gasteiger partial charge in [-0.3, -0.25) is 0 Å². The molecule has 1 N–H and O–H groups in total. The summed E-state index contributed by atoms with van der Waals surface area (Å²) in [5.74, 6) is -1.50. The first-order valence-corrected chi connectivity index (χ1v) is 6.64. The lowest BCUT2D eigenvalue weighted by Gasteiger charge is -2.33. The van der Waals surface area contributed by atoms with Crippen molar-refractivity contribution < 1.29 is 19.0 Å². The molecule has 4 heteroatoms. The largest absolute Gasteiger partial charge is 0.464 e. The Morgan fingerprint density at radius 3 is 2.58 bits per heavy atom. The van der Waals surface area contributed by atoms with Gasteiger partial charge in [-0.25, -0.2) is 9.18 Å². The van der Waals surface area contributed by atoms with E-state index in [2.05, 4.69) is 0 Å². The van der Waals surface area contributed by atoms with E-state index in [0.717, 1.165) is 0 Å². The van der Waals surface area contributed by atoms with Crippen LogP contribution in [0.25, 0.3) is 0 Å². The van der Waals surface area contributed by atoms with Crippen LogP contribution in [0.5, 0.6) is 0 Å². The van der Waals surface area contributed by atoms with Crippen molar-refractivity contribution in [2.24, 2.45) is 0 Å². The summed E-state index contributed by atoms with van der Waals surface area (Å²) < 4.78 is 18.3. The number of esters is 1. The van der Waals surface area contributed by atoms with E-state index < -0.39 is 17.5 Å². The summed E-state index contributed by atoms with van der Waals surface area (Å²) in [5, 5.41) is 10.6. The number of benzene rings is 1. The van der Waals surface area contributed by atoms with Gasteiger partial charge in [0.25, 0.3) is 0 Å². The zero-order valence-electron chi connectivity index (χ0n) is 11.6. The quantitative estimate of drug-likeness (QED) is 0.807. The number of aliphatic hydroxyl groups is 1. The van der Waals surface area contributed by atoms with Gasteiger partial charge in [0.05, 0.1) is 6.61 Å². The van der Waals surface area contributed by atoms with Crippen molar-refractivity contribution in [1.29, 1.82) is 0 Å². The second-order valence-electron chi connectivity index (χ2n) is 4.51. The van der Waals surface area contributed by atoms with Crippen LogP contribution in [0, 0.1) is 5.82 Å². The molecule has 0 heterocycles. The fourth-order valence-corrected chi connectivity index (χ4v) is 2.36. The highest BCUT2D eigenvalue weighted by molar-refractivity contribution is 5.80. The zero-order valence-corrected chi connectivity index (χ0v) is 11.6. The Morgan fingerprint density at radius 2 is 2.11 bits per heavy atom. The monoisotopic (exact) mass is 268 g/mol. The molecule has 0 bridgehead atoms. The Hall–Kier alpha value is -1.42. The topological polar surface area (TPSA) is 46.5 Å². The normalized spacial score (nSPS) is 15.6. The van der Waals surface area contributed by atoms with E-state index in [4.69, 9.17) is 4.74 Å². The lowest BCUT2D eigenvalue weighted by atomic mass is 9.78. The first-order chi connectivity index (χ1) is 8.99. The molecule has 3 nitrogen and oxygen atoms in total. The minimum absolute atomic E-state index is 0.209.